The van der Waals surface area contributed by atoms with Crippen molar-refractivity contribution in [1.82, 2.24) is 0 Å². The van der Waals surface area contributed by atoms with Gasteiger partial charge in [-0.3, -0.25) is 0 Å². The van der Waals surface area contributed by atoms with Crippen molar-refractivity contribution in [2.45, 2.75) is 71.6 Å². The number of allylic oxidation sites excluding steroid dienone is 7. The van der Waals surface area contributed by atoms with Crippen molar-refractivity contribution in [3.8, 4) is 89.0 Å². The Hall–Kier alpha value is -8.58. The van der Waals surface area contributed by atoms with Crippen LogP contribution in [0.3, 0.4) is 0 Å². The summed E-state index contributed by atoms with van der Waals surface area (Å²) >= 11 is 0. The Kier molecular flexibility index (Phi) is 10.2. The molecule has 0 saturated heterocycles. The first-order valence-electron chi connectivity index (χ1n) is 28.1. The predicted octanol–water partition coefficient (Wildman–Crippen LogP) is 21.0. The normalized spacial score (nSPS) is 16.6. The van der Waals surface area contributed by atoms with Gasteiger partial charge < -0.3 is 0 Å². The van der Waals surface area contributed by atoms with Crippen LogP contribution in [0.25, 0.3) is 106 Å². The molecule has 0 amide bonds. The van der Waals surface area contributed by atoms with E-state index in [-0.39, 0.29) is 16.2 Å². The van der Waals surface area contributed by atoms with Crippen molar-refractivity contribution < 1.29 is 0 Å². The summed E-state index contributed by atoms with van der Waals surface area (Å²) in [7, 11) is 0. The molecule has 0 heteroatoms. The summed E-state index contributed by atoms with van der Waals surface area (Å²) in [6.45, 7) is 16.6. The molecule has 0 N–H and O–H groups in total. The Morgan fingerprint density at radius 1 is 0.359 bits per heavy atom. The summed E-state index contributed by atoms with van der Waals surface area (Å²) < 4.78 is 0. The molecule has 0 bridgehead atoms. The fourth-order valence-electron chi connectivity index (χ4n) is 14.0. The molecule has 0 aromatic heterocycles. The van der Waals surface area contributed by atoms with E-state index in [2.05, 4.69) is 279 Å². The van der Waals surface area contributed by atoms with Crippen LogP contribution in [0.15, 0.2) is 241 Å². The average Bonchev–Trinajstić information content (AvgIpc) is 4.07. The fourth-order valence-corrected chi connectivity index (χ4v) is 14.0. The summed E-state index contributed by atoms with van der Waals surface area (Å²) in [6, 6.07) is 76.2. The van der Waals surface area contributed by atoms with Crippen LogP contribution in [0.2, 0.25) is 0 Å². The first kappa shape index (κ1) is 46.7. The van der Waals surface area contributed by atoms with Gasteiger partial charge >= 0.3 is 0 Å². The molecule has 0 aliphatic heterocycles. The lowest BCUT2D eigenvalue weighted by atomic mass is 9.67. The van der Waals surface area contributed by atoms with Gasteiger partial charge in [-0.2, -0.15) is 0 Å². The number of fused-ring (bicyclic) bond motifs is 7. The topological polar surface area (TPSA) is 0 Å². The summed E-state index contributed by atoms with van der Waals surface area (Å²) in [4.78, 5) is 0. The van der Waals surface area contributed by atoms with Gasteiger partial charge in [-0.25, -0.2) is 0 Å². The van der Waals surface area contributed by atoms with E-state index in [0.717, 1.165) is 6.42 Å². The Morgan fingerprint density at radius 2 is 0.756 bits per heavy atom. The zero-order chi connectivity index (χ0) is 52.8. The fraction of sp³-hybridized carbons (Fsp3) is 0.154. The number of hydrogen-bond acceptors (Lipinski definition) is 0. The van der Waals surface area contributed by atoms with Crippen LogP contribution in [0.1, 0.15) is 93.3 Å². The smallest absolute Gasteiger partial charge is 0.0346 e. The zero-order valence-corrected chi connectivity index (χ0v) is 45.7. The van der Waals surface area contributed by atoms with E-state index in [1.165, 1.54) is 155 Å². The van der Waals surface area contributed by atoms with Crippen molar-refractivity contribution in [1.29, 1.82) is 0 Å². The molecule has 0 radical (unpaired) electrons. The van der Waals surface area contributed by atoms with Crippen LogP contribution >= 0.6 is 0 Å². The van der Waals surface area contributed by atoms with Gasteiger partial charge in [0.15, 0.2) is 0 Å². The molecule has 1 atom stereocenters. The predicted molar refractivity (Wildman–Crippen MR) is 331 cm³/mol. The number of rotatable bonds is 6. The van der Waals surface area contributed by atoms with E-state index >= 15 is 0 Å². The van der Waals surface area contributed by atoms with Gasteiger partial charge in [0.2, 0.25) is 0 Å². The van der Waals surface area contributed by atoms with Crippen LogP contribution in [0.5, 0.6) is 0 Å². The quantitative estimate of drug-likeness (QED) is 0.156. The van der Waals surface area contributed by atoms with E-state index < -0.39 is 0 Å². The molecule has 0 saturated carbocycles. The lowest BCUT2D eigenvalue weighted by Crippen LogP contribution is -2.21. The molecule has 0 nitrogen and oxygen atoms in total. The summed E-state index contributed by atoms with van der Waals surface area (Å²) in [5.74, 6) is 0.334. The second kappa shape index (κ2) is 17.0. The third-order valence-electron chi connectivity index (χ3n) is 18.6. The van der Waals surface area contributed by atoms with Crippen LogP contribution < -0.4 is 0 Å². The van der Waals surface area contributed by atoms with E-state index in [9.17, 15) is 0 Å². The van der Waals surface area contributed by atoms with E-state index in [0.29, 0.717) is 5.92 Å². The molecular weight excluding hydrogens is 937 g/mol. The molecule has 15 rings (SSSR count). The lowest BCUT2D eigenvalue weighted by Gasteiger charge is -2.37. The Balaban J connectivity index is 0.658. The molecule has 0 fully saturated rings. The average molecular weight is 999 g/mol. The molecule has 10 aromatic rings. The monoisotopic (exact) mass is 998 g/mol. The highest BCUT2D eigenvalue weighted by Crippen LogP contribution is 2.55. The maximum Gasteiger partial charge on any atom is 0.0346 e. The van der Waals surface area contributed by atoms with E-state index in [4.69, 9.17) is 0 Å². The molecule has 0 spiro atoms. The minimum absolute atomic E-state index is 0.123. The molecular formula is C78H62. The SMILES string of the molecule is CC(C)(C)C1=CC2=CCc3c(-c4ccc(-c5ccc(-c6ccc7c(c6)C(C)(C)c6cc(-c8ccc9c(c8)C(C)(C)c8cc(-c%10ccc(-c%11ccc%12ccccc%12c%11)cc%10)ccc8-9)ccc6-7)cc5)cc4)ccc4c3C2C(=C1)C=C4. The van der Waals surface area contributed by atoms with Gasteiger partial charge in [0, 0.05) is 16.7 Å². The van der Waals surface area contributed by atoms with E-state index in [1.54, 1.807) is 0 Å². The summed E-state index contributed by atoms with van der Waals surface area (Å²) in [6.07, 6.45) is 13.0. The molecule has 374 valence electrons. The van der Waals surface area contributed by atoms with Crippen LogP contribution in [0.4, 0.5) is 0 Å². The van der Waals surface area contributed by atoms with Gasteiger partial charge in [0.25, 0.3) is 0 Å². The molecule has 5 aliphatic carbocycles. The summed E-state index contributed by atoms with van der Waals surface area (Å²) in [5, 5.41) is 2.54. The van der Waals surface area contributed by atoms with Gasteiger partial charge in [-0.15, -0.1) is 0 Å². The minimum atomic E-state index is -0.150. The first-order valence-corrected chi connectivity index (χ1v) is 28.1. The van der Waals surface area contributed by atoms with Gasteiger partial charge in [-0.05, 0) is 198 Å². The van der Waals surface area contributed by atoms with Crippen molar-refractivity contribution >= 4 is 16.8 Å². The van der Waals surface area contributed by atoms with Gasteiger partial charge in [0.1, 0.15) is 0 Å². The maximum absolute atomic E-state index is 2.49. The number of benzene rings is 10. The van der Waals surface area contributed by atoms with Crippen LogP contribution in [0, 0.1) is 5.41 Å². The Labute approximate surface area is 460 Å². The third kappa shape index (κ3) is 7.26. The van der Waals surface area contributed by atoms with Crippen LogP contribution in [-0.4, -0.2) is 0 Å². The molecule has 1 unspecified atom stereocenters. The second-order valence-corrected chi connectivity index (χ2v) is 24.8. The van der Waals surface area contributed by atoms with Crippen molar-refractivity contribution in [2.24, 2.45) is 5.41 Å². The number of hydrogen-bond donors (Lipinski definition) is 0. The van der Waals surface area contributed by atoms with Gasteiger partial charge in [-0.1, -0.05) is 249 Å². The Bertz CT molecular complexity index is 4320. The summed E-state index contributed by atoms with van der Waals surface area (Å²) in [5.41, 5.74) is 34.6. The third-order valence-corrected chi connectivity index (χ3v) is 18.6. The standard InChI is InChI=1S/C78H62/c1-76(2,3)63-41-61-27-25-54-28-34-64(69-39-33-62(42-63)74(61)75(54)69)53-23-20-49(21-24-53)48-12-14-51(15-13-48)57-29-35-65-67-37-31-59(45-72(67)77(4,5)70(65)43-57)60-32-38-68-66-36-30-58(44-71(66)78(6,7)73(68)46-60)52-18-16-50(17-19-52)56-26-22-47-10-8-9-11-55(47)40-56/h8-38,40-46,74H,39H2,1-7H3. The first-order chi connectivity index (χ1) is 37.7. The molecule has 5 aliphatic rings. The minimum Gasteiger partial charge on any atom is -0.0759 e. The molecule has 10 aromatic carbocycles. The highest BCUT2D eigenvalue weighted by Gasteiger charge is 2.39. The highest BCUT2D eigenvalue weighted by atomic mass is 14.4. The Morgan fingerprint density at radius 3 is 1.24 bits per heavy atom. The largest absolute Gasteiger partial charge is 0.0759 e. The van der Waals surface area contributed by atoms with Crippen LogP contribution in [-0.2, 0) is 17.3 Å². The maximum atomic E-state index is 2.49. The zero-order valence-electron chi connectivity index (χ0n) is 45.7. The molecule has 78 heavy (non-hydrogen) atoms. The van der Waals surface area contributed by atoms with Crippen molar-refractivity contribution in [2.75, 3.05) is 0 Å². The molecule has 0 heterocycles. The second-order valence-electron chi connectivity index (χ2n) is 24.8. The highest BCUT2D eigenvalue weighted by molar-refractivity contribution is 5.91. The van der Waals surface area contributed by atoms with Crippen molar-refractivity contribution in [3.05, 3.63) is 280 Å². The van der Waals surface area contributed by atoms with Gasteiger partial charge in [0.05, 0.1) is 0 Å². The van der Waals surface area contributed by atoms with E-state index in [1.807, 2.05) is 0 Å². The van der Waals surface area contributed by atoms with Crippen molar-refractivity contribution in [3.63, 3.8) is 0 Å². The lowest BCUT2D eigenvalue weighted by molar-refractivity contribution is 0.513.